The number of rotatable bonds is 5. The number of nitrogens with one attached hydrogen (secondary N) is 1. The smallest absolute Gasteiger partial charge is 0.0759 e. The van der Waals surface area contributed by atoms with Crippen molar-refractivity contribution in [2.24, 2.45) is 17.8 Å². The molecule has 1 aromatic rings. The fourth-order valence-corrected chi connectivity index (χ4v) is 3.75. The molecule has 0 bridgehead atoms. The van der Waals surface area contributed by atoms with Gasteiger partial charge in [-0.15, -0.1) is 0 Å². The molecule has 0 aliphatic heterocycles. The second kappa shape index (κ2) is 5.35. The van der Waals surface area contributed by atoms with Gasteiger partial charge in [-0.3, -0.25) is 9.97 Å². The van der Waals surface area contributed by atoms with Crippen molar-refractivity contribution in [3.05, 3.63) is 24.3 Å². The van der Waals surface area contributed by atoms with Crippen molar-refractivity contribution in [1.29, 1.82) is 0 Å². The quantitative estimate of drug-likeness (QED) is 0.866. The Hall–Kier alpha value is -0.960. The third-order valence-electron chi connectivity index (χ3n) is 4.62. The Kier molecular flexibility index (Phi) is 3.59. The van der Waals surface area contributed by atoms with Crippen molar-refractivity contribution in [3.63, 3.8) is 0 Å². The molecule has 3 heteroatoms. The molecule has 2 fully saturated rings. The lowest BCUT2D eigenvalue weighted by Crippen LogP contribution is -2.26. The van der Waals surface area contributed by atoms with E-state index >= 15 is 0 Å². The summed E-state index contributed by atoms with van der Waals surface area (Å²) in [5.41, 5.74) is 1.14. The first-order chi connectivity index (χ1) is 8.92. The van der Waals surface area contributed by atoms with E-state index in [4.69, 9.17) is 0 Å². The molecule has 98 valence electrons. The van der Waals surface area contributed by atoms with E-state index in [2.05, 4.69) is 22.2 Å². The summed E-state index contributed by atoms with van der Waals surface area (Å²) < 4.78 is 0. The van der Waals surface area contributed by atoms with Crippen LogP contribution in [-0.4, -0.2) is 16.5 Å². The number of nitrogens with zero attached hydrogens (tertiary/aromatic N) is 2. The van der Waals surface area contributed by atoms with Crippen LogP contribution in [0.2, 0.25) is 0 Å². The molecule has 0 spiro atoms. The Labute approximate surface area is 109 Å². The Bertz CT molecular complexity index is 367. The Morgan fingerprint density at radius 3 is 2.67 bits per heavy atom. The molecule has 2 aliphatic rings. The lowest BCUT2D eigenvalue weighted by molar-refractivity contribution is 0.435. The highest BCUT2D eigenvalue weighted by Gasteiger charge is 2.54. The van der Waals surface area contributed by atoms with Crippen molar-refractivity contribution in [2.75, 3.05) is 6.54 Å². The predicted molar refractivity (Wildman–Crippen MR) is 72.0 cm³/mol. The maximum atomic E-state index is 4.53. The Morgan fingerprint density at radius 2 is 2.06 bits per heavy atom. The molecule has 0 saturated heterocycles. The van der Waals surface area contributed by atoms with Crippen molar-refractivity contribution < 1.29 is 0 Å². The third-order valence-corrected chi connectivity index (χ3v) is 4.62. The van der Waals surface area contributed by atoms with Gasteiger partial charge in [0.05, 0.1) is 11.7 Å². The number of fused-ring (bicyclic) bond motifs is 1. The van der Waals surface area contributed by atoms with E-state index in [1.54, 1.807) is 6.20 Å². The molecule has 2 aliphatic carbocycles. The summed E-state index contributed by atoms with van der Waals surface area (Å²) in [4.78, 5) is 8.76. The SMILES string of the molecule is CCCNC(c1cnccn1)C1C2CCCCC21. The molecular weight excluding hydrogens is 222 g/mol. The predicted octanol–water partition coefficient (Wildman–Crippen LogP) is 2.95. The van der Waals surface area contributed by atoms with Gasteiger partial charge in [0.25, 0.3) is 0 Å². The van der Waals surface area contributed by atoms with Crippen LogP contribution in [-0.2, 0) is 0 Å². The highest BCUT2D eigenvalue weighted by molar-refractivity contribution is 5.13. The highest BCUT2D eigenvalue weighted by Crippen LogP contribution is 2.60. The van der Waals surface area contributed by atoms with Gasteiger partial charge < -0.3 is 5.32 Å². The van der Waals surface area contributed by atoms with Gasteiger partial charge >= 0.3 is 0 Å². The fraction of sp³-hybridized carbons (Fsp3) is 0.733. The molecule has 18 heavy (non-hydrogen) atoms. The lowest BCUT2D eigenvalue weighted by atomic mass is 10.0. The first-order valence-electron chi connectivity index (χ1n) is 7.41. The van der Waals surface area contributed by atoms with E-state index in [1.807, 2.05) is 12.4 Å². The minimum atomic E-state index is 0.437. The Balaban J connectivity index is 1.74. The maximum absolute atomic E-state index is 4.53. The summed E-state index contributed by atoms with van der Waals surface area (Å²) in [5, 5.41) is 3.70. The molecule has 2 saturated carbocycles. The average Bonchev–Trinajstić information content (AvgIpc) is 3.15. The summed E-state index contributed by atoms with van der Waals surface area (Å²) in [6.45, 7) is 3.30. The fourth-order valence-electron chi connectivity index (χ4n) is 3.75. The van der Waals surface area contributed by atoms with Crippen LogP contribution in [0.25, 0.3) is 0 Å². The van der Waals surface area contributed by atoms with Gasteiger partial charge in [0.15, 0.2) is 0 Å². The van der Waals surface area contributed by atoms with Crippen molar-refractivity contribution in [1.82, 2.24) is 15.3 Å². The topological polar surface area (TPSA) is 37.8 Å². The minimum absolute atomic E-state index is 0.437. The molecular formula is C15H23N3. The van der Waals surface area contributed by atoms with Gasteiger partial charge in [-0.2, -0.15) is 0 Å². The number of hydrogen-bond donors (Lipinski definition) is 1. The van der Waals surface area contributed by atoms with E-state index in [0.717, 1.165) is 30.0 Å². The summed E-state index contributed by atoms with van der Waals surface area (Å²) in [7, 11) is 0. The van der Waals surface area contributed by atoms with Crippen LogP contribution >= 0.6 is 0 Å². The van der Waals surface area contributed by atoms with Crippen LogP contribution < -0.4 is 5.32 Å². The largest absolute Gasteiger partial charge is 0.308 e. The molecule has 1 heterocycles. The molecule has 1 N–H and O–H groups in total. The molecule has 0 radical (unpaired) electrons. The van der Waals surface area contributed by atoms with E-state index < -0.39 is 0 Å². The van der Waals surface area contributed by atoms with E-state index in [1.165, 1.54) is 32.1 Å². The first kappa shape index (κ1) is 12.1. The summed E-state index contributed by atoms with van der Waals surface area (Å²) >= 11 is 0. The molecule has 3 atom stereocenters. The van der Waals surface area contributed by atoms with E-state index in [9.17, 15) is 0 Å². The van der Waals surface area contributed by atoms with Crippen LogP contribution in [0.3, 0.4) is 0 Å². The van der Waals surface area contributed by atoms with Crippen LogP contribution in [0.1, 0.15) is 50.8 Å². The van der Waals surface area contributed by atoms with Gasteiger partial charge in [-0.1, -0.05) is 19.8 Å². The molecule has 1 aromatic heterocycles. The maximum Gasteiger partial charge on any atom is 0.0759 e. The highest BCUT2D eigenvalue weighted by atomic mass is 15.0. The third kappa shape index (κ3) is 2.28. The van der Waals surface area contributed by atoms with Gasteiger partial charge in [0.1, 0.15) is 0 Å². The van der Waals surface area contributed by atoms with Crippen molar-refractivity contribution in [2.45, 2.75) is 45.1 Å². The summed E-state index contributed by atoms with van der Waals surface area (Å²) in [6, 6.07) is 0.437. The first-order valence-corrected chi connectivity index (χ1v) is 7.41. The van der Waals surface area contributed by atoms with E-state index in [-0.39, 0.29) is 0 Å². The minimum Gasteiger partial charge on any atom is -0.308 e. The summed E-state index contributed by atoms with van der Waals surface area (Å²) in [6.07, 6.45) is 12.4. The second-order valence-electron chi connectivity index (χ2n) is 5.75. The van der Waals surface area contributed by atoms with Crippen LogP contribution in [0.15, 0.2) is 18.6 Å². The van der Waals surface area contributed by atoms with Crippen molar-refractivity contribution in [3.8, 4) is 0 Å². The molecule has 3 unspecified atom stereocenters. The lowest BCUT2D eigenvalue weighted by Gasteiger charge is -2.18. The molecule has 0 amide bonds. The molecule has 3 rings (SSSR count). The molecule has 0 aromatic carbocycles. The average molecular weight is 245 g/mol. The van der Waals surface area contributed by atoms with Gasteiger partial charge in [-0.05, 0) is 43.6 Å². The number of aromatic nitrogens is 2. The standard InChI is InChI=1S/C15H23N3/c1-2-7-18-15(13-10-16-8-9-17-13)14-11-5-3-4-6-12(11)14/h8-12,14-15,18H,2-7H2,1H3. The van der Waals surface area contributed by atoms with Gasteiger partial charge in [-0.25, -0.2) is 0 Å². The van der Waals surface area contributed by atoms with Gasteiger partial charge in [0.2, 0.25) is 0 Å². The number of hydrogen-bond acceptors (Lipinski definition) is 3. The zero-order valence-corrected chi connectivity index (χ0v) is 11.2. The summed E-state index contributed by atoms with van der Waals surface area (Å²) in [5.74, 6) is 2.72. The van der Waals surface area contributed by atoms with Crippen LogP contribution in [0, 0.1) is 17.8 Å². The van der Waals surface area contributed by atoms with Gasteiger partial charge in [0, 0.05) is 18.6 Å². The van der Waals surface area contributed by atoms with Crippen LogP contribution in [0.5, 0.6) is 0 Å². The molecule has 3 nitrogen and oxygen atoms in total. The van der Waals surface area contributed by atoms with E-state index in [0.29, 0.717) is 6.04 Å². The van der Waals surface area contributed by atoms with Crippen molar-refractivity contribution >= 4 is 0 Å². The normalized spacial score (nSPS) is 31.7. The zero-order chi connectivity index (χ0) is 12.4. The zero-order valence-electron chi connectivity index (χ0n) is 11.2. The van der Waals surface area contributed by atoms with Crippen LogP contribution in [0.4, 0.5) is 0 Å². The second-order valence-corrected chi connectivity index (χ2v) is 5.75. The monoisotopic (exact) mass is 245 g/mol. The Morgan fingerprint density at radius 1 is 1.28 bits per heavy atom.